The van der Waals surface area contributed by atoms with Crippen molar-refractivity contribution in [3.8, 4) is 22.8 Å². The second kappa shape index (κ2) is 17.0. The Morgan fingerprint density at radius 3 is 1.37 bits per heavy atom. The van der Waals surface area contributed by atoms with Crippen LogP contribution < -0.4 is 14.2 Å². The summed E-state index contributed by atoms with van der Waals surface area (Å²) >= 11 is 0. The third-order valence-corrected chi connectivity index (χ3v) is 10.7. The summed E-state index contributed by atoms with van der Waals surface area (Å²) in [5, 5.41) is 16.2. The summed E-state index contributed by atoms with van der Waals surface area (Å²) in [6.07, 6.45) is 3.80. The Bertz CT molecular complexity index is 2960. The van der Waals surface area contributed by atoms with Crippen LogP contribution in [0.15, 0.2) is 128 Å². The number of rotatable bonds is 3. The number of halogens is 3. The quantitative estimate of drug-likeness (QED) is 0.101. The Morgan fingerprint density at radius 1 is 0.567 bits per heavy atom. The molecular formula is C49H39F3IrN7-3. The van der Waals surface area contributed by atoms with Crippen LogP contribution in [-0.4, -0.2) is 19.2 Å². The summed E-state index contributed by atoms with van der Waals surface area (Å²) in [7, 11) is 4.06. The second-order valence-electron chi connectivity index (χ2n) is 14.3. The van der Waals surface area contributed by atoms with E-state index in [1.54, 1.807) is 18.2 Å². The van der Waals surface area contributed by atoms with Gasteiger partial charge in [0, 0.05) is 54.8 Å². The van der Waals surface area contributed by atoms with Gasteiger partial charge in [0.05, 0.1) is 14.1 Å². The summed E-state index contributed by atoms with van der Waals surface area (Å²) in [5.74, 6) is 0. The van der Waals surface area contributed by atoms with E-state index >= 15 is 0 Å². The van der Waals surface area contributed by atoms with Gasteiger partial charge in [0.25, 0.3) is 0 Å². The average molecular weight is 975 g/mol. The van der Waals surface area contributed by atoms with Crippen LogP contribution in [0.5, 0.6) is 0 Å². The van der Waals surface area contributed by atoms with Crippen molar-refractivity contribution in [1.82, 2.24) is 24.3 Å². The Labute approximate surface area is 359 Å². The number of aryl methyl sites for hydroxylation is 2. The van der Waals surface area contributed by atoms with Gasteiger partial charge in [-0.15, -0.1) is 70.1 Å². The van der Waals surface area contributed by atoms with Crippen molar-refractivity contribution in [2.75, 3.05) is 0 Å². The van der Waals surface area contributed by atoms with E-state index in [1.807, 2.05) is 23.2 Å². The van der Waals surface area contributed by atoms with E-state index in [-0.39, 0.29) is 25.8 Å². The van der Waals surface area contributed by atoms with Gasteiger partial charge >= 0.3 is 6.18 Å². The van der Waals surface area contributed by atoms with E-state index in [1.165, 1.54) is 61.3 Å². The maximum Gasteiger partial charge on any atom is 0.431 e. The topological polar surface area (TPSA) is 57.5 Å². The number of aromatic nitrogens is 7. The predicted molar refractivity (Wildman–Crippen MR) is 224 cm³/mol. The molecule has 0 spiro atoms. The number of alkyl halides is 3. The summed E-state index contributed by atoms with van der Waals surface area (Å²) in [6, 6.07) is 46.9. The zero-order valence-corrected chi connectivity index (χ0v) is 36.1. The molecule has 4 aromatic heterocycles. The molecule has 303 valence electrons. The van der Waals surface area contributed by atoms with Crippen LogP contribution in [0.2, 0.25) is 0 Å². The van der Waals surface area contributed by atoms with Crippen molar-refractivity contribution in [3.05, 3.63) is 181 Å². The first kappa shape index (κ1) is 41.7. The SMILES string of the molecule is Cc1c(C)[n+](C)[c-]n1-c1[c-]c2ccccc2c2ccccc12.Cc1c(C)[n+](C)[c-]n1-c1[c-]c2ccccc2c2ccccc12.FC(F)(F)c1cc(-c2ccccn2)[n-]n1.[Ir]. The number of imidazole rings is 2. The molecule has 4 heterocycles. The average Bonchev–Trinajstić information content (AvgIpc) is 3.94. The number of fused-ring (bicyclic) bond motifs is 6. The monoisotopic (exact) mass is 975 g/mol. The molecule has 10 aromatic rings. The van der Waals surface area contributed by atoms with Crippen molar-refractivity contribution in [1.29, 1.82) is 0 Å². The molecule has 0 saturated heterocycles. The molecule has 0 bridgehead atoms. The zero-order chi connectivity index (χ0) is 41.4. The predicted octanol–water partition coefficient (Wildman–Crippen LogP) is 9.77. The Kier molecular flexibility index (Phi) is 11.9. The normalized spacial score (nSPS) is 11.3. The van der Waals surface area contributed by atoms with Gasteiger partial charge in [0.2, 0.25) is 12.7 Å². The Balaban J connectivity index is 0.000000138. The molecular weight excluding hydrogens is 936 g/mol. The van der Waals surface area contributed by atoms with Gasteiger partial charge in [-0.3, -0.25) is 4.98 Å². The fraction of sp³-hybridized carbons (Fsp3) is 0.143. The minimum atomic E-state index is -4.46. The first-order chi connectivity index (χ1) is 28.4. The van der Waals surface area contributed by atoms with Crippen LogP contribution >= 0.6 is 0 Å². The van der Waals surface area contributed by atoms with Gasteiger partial charge < -0.3 is 28.5 Å². The van der Waals surface area contributed by atoms with Crippen LogP contribution in [0.4, 0.5) is 13.2 Å². The molecule has 0 unspecified atom stereocenters. The molecule has 0 N–H and O–H groups in total. The van der Waals surface area contributed by atoms with E-state index in [2.05, 4.69) is 174 Å². The zero-order valence-electron chi connectivity index (χ0n) is 33.7. The van der Waals surface area contributed by atoms with Crippen molar-refractivity contribution in [2.45, 2.75) is 33.9 Å². The standard InChI is InChI=1S/2C20H17N2.C9H5F3N3.Ir/c2*1-14-15(2)22(13-21(14)3)20-12-16-8-4-5-9-17(16)18-10-6-7-11-19(18)20;10-9(11,12)8-5-7(14-15-8)6-3-1-2-4-13-6;/h2*4-11H,1-3H3;1-5H;/q3*-1;. The van der Waals surface area contributed by atoms with Crippen LogP contribution in [-0.2, 0) is 40.4 Å². The molecule has 0 amide bonds. The fourth-order valence-electron chi connectivity index (χ4n) is 7.16. The molecule has 10 rings (SSSR count). The van der Waals surface area contributed by atoms with Crippen molar-refractivity contribution in [2.24, 2.45) is 14.1 Å². The van der Waals surface area contributed by atoms with Crippen molar-refractivity contribution in [3.63, 3.8) is 0 Å². The molecule has 0 fully saturated rings. The third-order valence-electron chi connectivity index (χ3n) is 10.7. The molecule has 11 heteroatoms. The summed E-state index contributed by atoms with van der Waals surface area (Å²) < 4.78 is 44.9. The van der Waals surface area contributed by atoms with Gasteiger partial charge in [-0.1, -0.05) is 94.0 Å². The largest absolute Gasteiger partial charge is 0.573 e. The molecule has 60 heavy (non-hydrogen) atoms. The number of benzene rings is 6. The van der Waals surface area contributed by atoms with Crippen LogP contribution in [0.25, 0.3) is 65.9 Å². The van der Waals surface area contributed by atoms with Crippen LogP contribution in [0.1, 0.15) is 28.5 Å². The molecule has 7 nitrogen and oxygen atoms in total. The van der Waals surface area contributed by atoms with Crippen LogP contribution in [0, 0.1) is 52.5 Å². The summed E-state index contributed by atoms with van der Waals surface area (Å²) in [6.45, 7) is 8.49. The van der Waals surface area contributed by atoms with Crippen LogP contribution in [0.3, 0.4) is 0 Å². The number of pyridine rings is 1. The molecule has 0 atom stereocenters. The number of hydrogen-bond acceptors (Lipinski definition) is 2. The fourth-order valence-corrected chi connectivity index (χ4v) is 7.16. The van der Waals surface area contributed by atoms with Gasteiger partial charge in [0.15, 0.2) is 0 Å². The third kappa shape index (κ3) is 7.98. The maximum absolute atomic E-state index is 12.2. The first-order valence-corrected chi connectivity index (χ1v) is 19.0. The smallest absolute Gasteiger partial charge is 0.431 e. The minimum Gasteiger partial charge on any atom is -0.573 e. The van der Waals surface area contributed by atoms with Gasteiger partial charge in [-0.05, 0) is 57.3 Å². The van der Waals surface area contributed by atoms with E-state index in [4.69, 9.17) is 0 Å². The Hall–Kier alpha value is -6.42. The van der Waals surface area contributed by atoms with E-state index in [0.29, 0.717) is 5.69 Å². The molecule has 0 aliphatic heterocycles. The van der Waals surface area contributed by atoms with Crippen molar-refractivity contribution < 1.29 is 42.4 Å². The summed E-state index contributed by atoms with van der Waals surface area (Å²) in [5.41, 5.74) is 6.45. The number of hydrogen-bond donors (Lipinski definition) is 0. The summed E-state index contributed by atoms with van der Waals surface area (Å²) in [4.78, 5) is 3.87. The molecule has 0 saturated carbocycles. The molecule has 1 radical (unpaired) electrons. The van der Waals surface area contributed by atoms with E-state index in [0.717, 1.165) is 28.2 Å². The van der Waals surface area contributed by atoms with E-state index in [9.17, 15) is 13.2 Å². The van der Waals surface area contributed by atoms with Gasteiger partial charge in [-0.25, -0.2) is 0 Å². The second-order valence-corrected chi connectivity index (χ2v) is 14.3. The molecule has 0 aliphatic rings. The molecule has 0 aliphatic carbocycles. The maximum atomic E-state index is 12.2. The minimum absolute atomic E-state index is 0. The van der Waals surface area contributed by atoms with Gasteiger partial charge in [-0.2, -0.15) is 13.2 Å². The number of nitrogens with zero attached hydrogens (tertiary/aromatic N) is 7. The first-order valence-electron chi connectivity index (χ1n) is 19.0. The molecule has 6 aromatic carbocycles. The van der Waals surface area contributed by atoms with Gasteiger partial charge in [0.1, 0.15) is 5.69 Å². The Morgan fingerprint density at radius 2 is 0.983 bits per heavy atom. The van der Waals surface area contributed by atoms with Crippen molar-refractivity contribution >= 4 is 43.1 Å². The van der Waals surface area contributed by atoms with E-state index < -0.39 is 11.9 Å².